The molecule has 0 bridgehead atoms. The van der Waals surface area contributed by atoms with Gasteiger partial charge in [-0.15, -0.1) is 13.2 Å². The molecule has 0 atom stereocenters. The predicted octanol–water partition coefficient (Wildman–Crippen LogP) is 3.99. The minimum Gasteiger partial charge on any atom is -0.465 e. The fourth-order valence-corrected chi connectivity index (χ4v) is 1.76. The molecule has 0 spiro atoms. The van der Waals surface area contributed by atoms with Crippen molar-refractivity contribution < 1.29 is 9.53 Å². The van der Waals surface area contributed by atoms with Crippen molar-refractivity contribution in [2.75, 3.05) is 7.11 Å². The fraction of sp³-hybridized carbons (Fsp3) is 0.308. The van der Waals surface area contributed by atoms with Gasteiger partial charge in [0, 0.05) is 4.47 Å². The first-order valence-corrected chi connectivity index (χ1v) is 5.85. The molecule has 0 aromatic heterocycles. The summed E-state index contributed by atoms with van der Waals surface area (Å²) >= 11 is 3.39. The van der Waals surface area contributed by atoms with Crippen molar-refractivity contribution in [2.45, 2.75) is 19.8 Å². The largest absolute Gasteiger partial charge is 0.465 e. The van der Waals surface area contributed by atoms with Crippen molar-refractivity contribution in [2.24, 2.45) is 0 Å². The van der Waals surface area contributed by atoms with Crippen LogP contribution in [0, 0.1) is 0 Å². The highest BCUT2D eigenvalue weighted by atomic mass is 79.9. The van der Waals surface area contributed by atoms with Gasteiger partial charge < -0.3 is 4.74 Å². The maximum absolute atomic E-state index is 11.4. The molecule has 0 aliphatic rings. The SMILES string of the molecule is C=C.CCCc1cc(Br)ccc1C(=O)OC. The Morgan fingerprint density at radius 1 is 1.44 bits per heavy atom. The number of methoxy groups -OCH3 is 1. The molecule has 0 saturated heterocycles. The van der Waals surface area contributed by atoms with Gasteiger partial charge in [0.1, 0.15) is 0 Å². The van der Waals surface area contributed by atoms with Crippen LogP contribution in [0.15, 0.2) is 35.8 Å². The number of hydrogen-bond donors (Lipinski definition) is 0. The van der Waals surface area contributed by atoms with Crippen LogP contribution in [0.4, 0.5) is 0 Å². The molecule has 0 N–H and O–H groups in total. The first-order valence-electron chi connectivity index (χ1n) is 5.05. The van der Waals surface area contributed by atoms with E-state index in [4.69, 9.17) is 4.74 Å². The standard InChI is InChI=1S/C11H13BrO2.C2H4/c1-3-4-8-7-9(12)5-6-10(8)11(13)14-2;1-2/h5-7H,3-4H2,1-2H3;1-2H2. The van der Waals surface area contributed by atoms with Crippen LogP contribution < -0.4 is 0 Å². The lowest BCUT2D eigenvalue weighted by molar-refractivity contribution is 0.0599. The van der Waals surface area contributed by atoms with Crippen LogP contribution >= 0.6 is 15.9 Å². The number of rotatable bonds is 3. The molecular weight excluding hydrogens is 268 g/mol. The highest BCUT2D eigenvalue weighted by Crippen LogP contribution is 2.18. The minimum atomic E-state index is -0.263. The number of esters is 1. The summed E-state index contributed by atoms with van der Waals surface area (Å²) < 4.78 is 5.70. The Bertz CT molecular complexity index is 348. The van der Waals surface area contributed by atoms with E-state index in [1.165, 1.54) is 7.11 Å². The van der Waals surface area contributed by atoms with E-state index in [0.29, 0.717) is 5.56 Å². The number of ether oxygens (including phenoxy) is 1. The molecule has 1 aromatic carbocycles. The Kier molecular flexibility index (Phi) is 7.56. The van der Waals surface area contributed by atoms with Crippen LogP contribution in [0.3, 0.4) is 0 Å². The molecule has 0 fully saturated rings. The first kappa shape index (κ1) is 14.9. The summed E-state index contributed by atoms with van der Waals surface area (Å²) in [5.41, 5.74) is 1.70. The number of carbonyl (C=O) groups excluding carboxylic acids is 1. The molecule has 16 heavy (non-hydrogen) atoms. The van der Waals surface area contributed by atoms with Gasteiger partial charge in [0.25, 0.3) is 0 Å². The fourth-order valence-electron chi connectivity index (χ4n) is 1.35. The lowest BCUT2D eigenvalue weighted by atomic mass is 10.0. The molecule has 0 aliphatic carbocycles. The van der Waals surface area contributed by atoms with Crippen LogP contribution in [0.1, 0.15) is 29.3 Å². The third-order valence-electron chi connectivity index (χ3n) is 1.99. The van der Waals surface area contributed by atoms with Gasteiger partial charge in [-0.2, -0.15) is 0 Å². The van der Waals surface area contributed by atoms with Crippen molar-refractivity contribution in [1.29, 1.82) is 0 Å². The second-order valence-corrected chi connectivity index (χ2v) is 3.96. The van der Waals surface area contributed by atoms with E-state index in [1.54, 1.807) is 6.07 Å². The van der Waals surface area contributed by atoms with Gasteiger partial charge >= 0.3 is 5.97 Å². The molecule has 2 nitrogen and oxygen atoms in total. The van der Waals surface area contributed by atoms with Crippen molar-refractivity contribution in [3.8, 4) is 0 Å². The Morgan fingerprint density at radius 3 is 2.56 bits per heavy atom. The van der Waals surface area contributed by atoms with E-state index in [2.05, 4.69) is 36.0 Å². The zero-order valence-electron chi connectivity index (χ0n) is 9.75. The molecule has 88 valence electrons. The number of hydrogen-bond acceptors (Lipinski definition) is 2. The van der Waals surface area contributed by atoms with Gasteiger partial charge in [-0.1, -0.05) is 29.3 Å². The van der Waals surface area contributed by atoms with Crippen LogP contribution in [-0.4, -0.2) is 13.1 Å². The highest BCUT2D eigenvalue weighted by Gasteiger charge is 2.10. The average Bonchev–Trinajstić information content (AvgIpc) is 2.31. The Balaban J connectivity index is 0.00000106. The van der Waals surface area contributed by atoms with Crippen LogP contribution in [0.2, 0.25) is 0 Å². The summed E-state index contributed by atoms with van der Waals surface area (Å²) in [5, 5.41) is 0. The first-order chi connectivity index (χ1) is 7.69. The van der Waals surface area contributed by atoms with E-state index in [0.717, 1.165) is 22.9 Å². The quantitative estimate of drug-likeness (QED) is 0.620. The molecular formula is C13H17BrO2. The van der Waals surface area contributed by atoms with Crippen LogP contribution in [-0.2, 0) is 11.2 Å². The topological polar surface area (TPSA) is 26.3 Å². The van der Waals surface area contributed by atoms with Crippen molar-refractivity contribution in [3.63, 3.8) is 0 Å². The number of carbonyl (C=O) groups is 1. The Morgan fingerprint density at radius 2 is 2.06 bits per heavy atom. The third kappa shape index (κ3) is 4.19. The maximum atomic E-state index is 11.4. The Labute approximate surface area is 105 Å². The second kappa shape index (κ2) is 8.11. The van der Waals surface area contributed by atoms with E-state index in [-0.39, 0.29) is 5.97 Å². The van der Waals surface area contributed by atoms with Crippen molar-refractivity contribution in [1.82, 2.24) is 0 Å². The molecule has 0 radical (unpaired) electrons. The molecule has 0 amide bonds. The third-order valence-corrected chi connectivity index (χ3v) is 2.49. The molecule has 1 aromatic rings. The number of halogens is 1. The summed E-state index contributed by atoms with van der Waals surface area (Å²) in [7, 11) is 1.40. The zero-order valence-corrected chi connectivity index (χ0v) is 11.3. The van der Waals surface area contributed by atoms with Gasteiger partial charge in [0.05, 0.1) is 12.7 Å². The lowest BCUT2D eigenvalue weighted by Crippen LogP contribution is -2.05. The molecule has 1 rings (SSSR count). The summed E-state index contributed by atoms with van der Waals surface area (Å²) in [6, 6.07) is 5.61. The van der Waals surface area contributed by atoms with Gasteiger partial charge in [0.15, 0.2) is 0 Å². The summed E-state index contributed by atoms with van der Waals surface area (Å²) in [6.07, 6.45) is 1.91. The molecule has 3 heteroatoms. The van der Waals surface area contributed by atoms with Gasteiger partial charge in [-0.05, 0) is 30.2 Å². The van der Waals surface area contributed by atoms with Crippen LogP contribution in [0.5, 0.6) is 0 Å². The predicted molar refractivity (Wildman–Crippen MR) is 70.7 cm³/mol. The minimum absolute atomic E-state index is 0.263. The molecule has 0 aliphatic heterocycles. The van der Waals surface area contributed by atoms with Gasteiger partial charge in [-0.3, -0.25) is 0 Å². The second-order valence-electron chi connectivity index (χ2n) is 3.04. The molecule has 0 saturated carbocycles. The lowest BCUT2D eigenvalue weighted by Gasteiger charge is -2.06. The van der Waals surface area contributed by atoms with Gasteiger partial charge in [0.2, 0.25) is 0 Å². The van der Waals surface area contributed by atoms with E-state index >= 15 is 0 Å². The molecule has 0 unspecified atom stereocenters. The summed E-state index contributed by atoms with van der Waals surface area (Å²) in [5.74, 6) is -0.263. The highest BCUT2D eigenvalue weighted by molar-refractivity contribution is 9.10. The average molecular weight is 285 g/mol. The van der Waals surface area contributed by atoms with E-state index < -0.39 is 0 Å². The van der Waals surface area contributed by atoms with E-state index in [9.17, 15) is 4.79 Å². The normalized spacial score (nSPS) is 8.94. The molecule has 0 heterocycles. The number of benzene rings is 1. The summed E-state index contributed by atoms with van der Waals surface area (Å²) in [4.78, 5) is 11.4. The zero-order chi connectivity index (χ0) is 12.6. The van der Waals surface area contributed by atoms with Crippen molar-refractivity contribution >= 4 is 21.9 Å². The Hall–Kier alpha value is -1.09. The summed E-state index contributed by atoms with van der Waals surface area (Å²) in [6.45, 7) is 8.09. The maximum Gasteiger partial charge on any atom is 0.338 e. The monoisotopic (exact) mass is 284 g/mol. The smallest absolute Gasteiger partial charge is 0.338 e. The van der Waals surface area contributed by atoms with Gasteiger partial charge in [-0.25, -0.2) is 4.79 Å². The van der Waals surface area contributed by atoms with E-state index in [1.807, 2.05) is 12.1 Å². The van der Waals surface area contributed by atoms with Crippen molar-refractivity contribution in [3.05, 3.63) is 47.0 Å². The van der Waals surface area contributed by atoms with Crippen LogP contribution in [0.25, 0.3) is 0 Å². The number of aryl methyl sites for hydroxylation is 1.